The maximum atomic E-state index is 13.3. The van der Waals surface area contributed by atoms with Gasteiger partial charge in [-0.15, -0.1) is 0 Å². The molecule has 0 aliphatic carbocycles. The summed E-state index contributed by atoms with van der Waals surface area (Å²) in [5.74, 6) is -0.924. The minimum absolute atomic E-state index is 0.292. The standard InChI is InChI=1S/C13H17BrFNO2/c1-8(2)5-12(13(17)18)16-7-9-3-4-10(14)11(15)6-9/h3-4,6,8,12,16H,5,7H2,1-2H3,(H,17,18). The molecule has 0 aliphatic rings. The Labute approximate surface area is 115 Å². The Morgan fingerprint density at radius 2 is 2.17 bits per heavy atom. The van der Waals surface area contributed by atoms with Gasteiger partial charge >= 0.3 is 5.97 Å². The van der Waals surface area contributed by atoms with E-state index in [9.17, 15) is 9.18 Å². The van der Waals surface area contributed by atoms with Crippen LogP contribution in [0.1, 0.15) is 25.8 Å². The van der Waals surface area contributed by atoms with Crippen LogP contribution in [0.15, 0.2) is 22.7 Å². The summed E-state index contributed by atoms with van der Waals surface area (Å²) in [4.78, 5) is 11.0. The molecule has 0 saturated heterocycles. The molecule has 1 aromatic rings. The van der Waals surface area contributed by atoms with Crippen LogP contribution in [0.25, 0.3) is 0 Å². The van der Waals surface area contributed by atoms with Crippen molar-refractivity contribution in [2.45, 2.75) is 32.9 Å². The highest BCUT2D eigenvalue weighted by Crippen LogP contribution is 2.16. The number of hydrogen-bond acceptors (Lipinski definition) is 2. The Hall–Kier alpha value is -0.940. The van der Waals surface area contributed by atoms with Gasteiger partial charge in [0, 0.05) is 6.54 Å². The molecule has 0 heterocycles. The first-order chi connectivity index (χ1) is 8.40. The summed E-state index contributed by atoms with van der Waals surface area (Å²) in [6, 6.07) is 4.17. The van der Waals surface area contributed by atoms with Crippen molar-refractivity contribution in [1.82, 2.24) is 5.32 Å². The van der Waals surface area contributed by atoms with Gasteiger partial charge in [-0.2, -0.15) is 0 Å². The van der Waals surface area contributed by atoms with Crippen LogP contribution in [0, 0.1) is 11.7 Å². The Kier molecular flexibility index (Phi) is 5.75. The highest BCUT2D eigenvalue weighted by atomic mass is 79.9. The fraction of sp³-hybridized carbons (Fsp3) is 0.462. The van der Waals surface area contributed by atoms with E-state index >= 15 is 0 Å². The summed E-state index contributed by atoms with van der Waals surface area (Å²) in [7, 11) is 0. The zero-order chi connectivity index (χ0) is 13.7. The molecule has 5 heteroatoms. The van der Waals surface area contributed by atoms with E-state index in [0.717, 1.165) is 5.56 Å². The van der Waals surface area contributed by atoms with E-state index in [1.165, 1.54) is 6.07 Å². The molecule has 2 N–H and O–H groups in total. The Morgan fingerprint density at radius 3 is 2.67 bits per heavy atom. The third-order valence-electron chi connectivity index (χ3n) is 2.54. The monoisotopic (exact) mass is 317 g/mol. The predicted molar refractivity (Wildman–Crippen MR) is 71.8 cm³/mol. The molecular weight excluding hydrogens is 301 g/mol. The van der Waals surface area contributed by atoms with Crippen molar-refractivity contribution in [2.24, 2.45) is 5.92 Å². The third kappa shape index (κ3) is 4.74. The first-order valence-electron chi connectivity index (χ1n) is 5.80. The van der Waals surface area contributed by atoms with E-state index < -0.39 is 12.0 Å². The van der Waals surface area contributed by atoms with E-state index in [1.807, 2.05) is 13.8 Å². The molecule has 1 unspecified atom stereocenters. The molecule has 1 atom stereocenters. The van der Waals surface area contributed by atoms with Crippen LogP contribution < -0.4 is 5.32 Å². The number of carboxylic acids is 1. The van der Waals surface area contributed by atoms with E-state index in [4.69, 9.17) is 5.11 Å². The van der Waals surface area contributed by atoms with E-state index in [0.29, 0.717) is 23.4 Å². The second kappa shape index (κ2) is 6.85. The van der Waals surface area contributed by atoms with E-state index in [1.54, 1.807) is 12.1 Å². The molecular formula is C13H17BrFNO2. The first-order valence-corrected chi connectivity index (χ1v) is 6.59. The zero-order valence-electron chi connectivity index (χ0n) is 10.4. The summed E-state index contributed by atoms with van der Waals surface area (Å²) in [5.41, 5.74) is 0.728. The lowest BCUT2D eigenvalue weighted by Gasteiger charge is -2.16. The van der Waals surface area contributed by atoms with Gasteiger partial charge in [0.15, 0.2) is 0 Å². The molecule has 0 radical (unpaired) electrons. The van der Waals surface area contributed by atoms with Crippen LogP contribution >= 0.6 is 15.9 Å². The molecule has 0 aliphatic heterocycles. The van der Waals surface area contributed by atoms with E-state index in [-0.39, 0.29) is 5.82 Å². The van der Waals surface area contributed by atoms with Crippen molar-refractivity contribution in [1.29, 1.82) is 0 Å². The number of carbonyl (C=O) groups is 1. The molecule has 18 heavy (non-hydrogen) atoms. The van der Waals surface area contributed by atoms with Gasteiger partial charge < -0.3 is 10.4 Å². The van der Waals surface area contributed by atoms with Crippen molar-refractivity contribution in [3.05, 3.63) is 34.1 Å². The number of rotatable bonds is 6. The zero-order valence-corrected chi connectivity index (χ0v) is 12.0. The minimum atomic E-state index is -0.874. The highest BCUT2D eigenvalue weighted by molar-refractivity contribution is 9.10. The molecule has 0 saturated carbocycles. The van der Waals surface area contributed by atoms with Gasteiger partial charge in [0.05, 0.1) is 4.47 Å². The fourth-order valence-electron chi connectivity index (χ4n) is 1.63. The lowest BCUT2D eigenvalue weighted by molar-refractivity contribution is -0.140. The maximum absolute atomic E-state index is 13.3. The molecule has 0 aromatic heterocycles. The molecule has 0 fully saturated rings. The smallest absolute Gasteiger partial charge is 0.320 e. The molecule has 0 amide bonds. The van der Waals surface area contributed by atoms with Crippen LogP contribution in [0.2, 0.25) is 0 Å². The maximum Gasteiger partial charge on any atom is 0.320 e. The first kappa shape index (κ1) is 15.1. The van der Waals surface area contributed by atoms with Gasteiger partial charge in [0.1, 0.15) is 11.9 Å². The lowest BCUT2D eigenvalue weighted by atomic mass is 10.0. The molecule has 100 valence electrons. The Balaban J connectivity index is 2.61. The number of hydrogen-bond donors (Lipinski definition) is 2. The molecule has 1 aromatic carbocycles. The third-order valence-corrected chi connectivity index (χ3v) is 3.18. The Bertz CT molecular complexity index is 423. The minimum Gasteiger partial charge on any atom is -0.480 e. The average Bonchev–Trinajstić information content (AvgIpc) is 2.28. The topological polar surface area (TPSA) is 49.3 Å². The second-order valence-corrected chi connectivity index (χ2v) is 5.50. The Morgan fingerprint density at radius 1 is 1.50 bits per heavy atom. The molecule has 3 nitrogen and oxygen atoms in total. The normalized spacial score (nSPS) is 12.7. The summed E-state index contributed by atoms with van der Waals surface area (Å²) >= 11 is 3.08. The predicted octanol–water partition coefficient (Wildman–Crippen LogP) is 3.18. The summed E-state index contributed by atoms with van der Waals surface area (Å²) in [6.07, 6.45) is 0.550. The molecule has 0 bridgehead atoms. The van der Waals surface area contributed by atoms with Crippen molar-refractivity contribution in [2.75, 3.05) is 0 Å². The number of nitrogens with one attached hydrogen (secondary N) is 1. The largest absolute Gasteiger partial charge is 0.480 e. The highest BCUT2D eigenvalue weighted by Gasteiger charge is 2.18. The summed E-state index contributed by atoms with van der Waals surface area (Å²) in [6.45, 7) is 4.28. The van der Waals surface area contributed by atoms with Crippen LogP contribution in [0.3, 0.4) is 0 Å². The van der Waals surface area contributed by atoms with Gasteiger partial charge in [-0.1, -0.05) is 19.9 Å². The average molecular weight is 318 g/mol. The number of carboxylic acid groups (broad SMARTS) is 1. The van der Waals surface area contributed by atoms with Gasteiger partial charge in [-0.25, -0.2) is 4.39 Å². The van der Waals surface area contributed by atoms with Crippen LogP contribution in [-0.4, -0.2) is 17.1 Å². The summed E-state index contributed by atoms with van der Waals surface area (Å²) < 4.78 is 13.7. The van der Waals surface area contributed by atoms with Gasteiger partial charge in [-0.3, -0.25) is 4.79 Å². The lowest BCUT2D eigenvalue weighted by Crippen LogP contribution is -2.37. The van der Waals surface area contributed by atoms with E-state index in [2.05, 4.69) is 21.2 Å². The number of halogens is 2. The van der Waals surface area contributed by atoms with Crippen molar-refractivity contribution in [3.8, 4) is 0 Å². The van der Waals surface area contributed by atoms with Crippen molar-refractivity contribution in [3.63, 3.8) is 0 Å². The quantitative estimate of drug-likeness (QED) is 0.847. The second-order valence-electron chi connectivity index (χ2n) is 4.65. The number of benzene rings is 1. The van der Waals surface area contributed by atoms with Crippen LogP contribution in [0.5, 0.6) is 0 Å². The van der Waals surface area contributed by atoms with Crippen molar-refractivity contribution >= 4 is 21.9 Å². The van der Waals surface area contributed by atoms with Gasteiger partial charge in [-0.05, 0) is 46.0 Å². The van der Waals surface area contributed by atoms with Crippen LogP contribution in [-0.2, 0) is 11.3 Å². The SMILES string of the molecule is CC(C)CC(NCc1ccc(Br)c(F)c1)C(=O)O. The number of aliphatic carboxylic acids is 1. The van der Waals surface area contributed by atoms with Gasteiger partial charge in [0.2, 0.25) is 0 Å². The molecule has 1 rings (SSSR count). The molecule has 0 spiro atoms. The summed E-state index contributed by atoms with van der Waals surface area (Å²) in [5, 5.41) is 12.0. The van der Waals surface area contributed by atoms with Gasteiger partial charge in [0.25, 0.3) is 0 Å². The van der Waals surface area contributed by atoms with Crippen molar-refractivity contribution < 1.29 is 14.3 Å². The van der Waals surface area contributed by atoms with Crippen LogP contribution in [0.4, 0.5) is 4.39 Å². The fourth-order valence-corrected chi connectivity index (χ4v) is 1.88.